The van der Waals surface area contributed by atoms with E-state index in [2.05, 4.69) is 5.32 Å². The molecule has 0 bridgehead atoms. The molecule has 112 valence electrons. The first-order chi connectivity index (χ1) is 9.35. The highest BCUT2D eigenvalue weighted by Crippen LogP contribution is 2.27. The van der Waals surface area contributed by atoms with Gasteiger partial charge in [-0.15, -0.1) is 0 Å². The quantitative estimate of drug-likeness (QED) is 0.855. The maximum atomic E-state index is 12.3. The van der Waals surface area contributed by atoms with Gasteiger partial charge in [0.25, 0.3) is 0 Å². The predicted octanol–water partition coefficient (Wildman–Crippen LogP) is 3.98. The van der Waals surface area contributed by atoms with Crippen LogP contribution in [-0.4, -0.2) is 25.8 Å². The number of rotatable bonds is 6. The van der Waals surface area contributed by atoms with Crippen LogP contribution in [0.1, 0.15) is 24.8 Å². The summed E-state index contributed by atoms with van der Waals surface area (Å²) >= 11 is 5.98. The van der Waals surface area contributed by atoms with Crippen molar-refractivity contribution in [3.8, 4) is 0 Å². The second kappa shape index (κ2) is 6.22. The fourth-order valence-corrected chi connectivity index (χ4v) is 2.22. The predicted molar refractivity (Wildman–Crippen MR) is 75.3 cm³/mol. The molecule has 0 radical (unpaired) electrons. The van der Waals surface area contributed by atoms with Crippen LogP contribution in [0.15, 0.2) is 18.2 Å². The van der Waals surface area contributed by atoms with E-state index in [0.29, 0.717) is 17.6 Å². The first-order valence-electron chi connectivity index (χ1n) is 6.65. The van der Waals surface area contributed by atoms with Crippen molar-refractivity contribution >= 4 is 17.3 Å². The molecule has 0 spiro atoms. The largest absolute Gasteiger partial charge is 0.390 e. The fourth-order valence-electron chi connectivity index (χ4n) is 2.02. The summed E-state index contributed by atoms with van der Waals surface area (Å²) in [6.07, 6.45) is -2.62. The molecule has 1 N–H and O–H groups in total. The molecule has 1 aromatic carbocycles. The van der Waals surface area contributed by atoms with E-state index in [1.54, 1.807) is 24.1 Å². The molecule has 2 rings (SSSR count). The minimum absolute atomic E-state index is 0.0540. The van der Waals surface area contributed by atoms with Crippen LogP contribution in [0.4, 0.5) is 18.9 Å². The fraction of sp³-hybridized carbons (Fsp3) is 0.571. The summed E-state index contributed by atoms with van der Waals surface area (Å²) < 4.78 is 36.9. The normalized spacial score (nSPS) is 15.4. The number of alkyl halides is 3. The van der Waals surface area contributed by atoms with Crippen molar-refractivity contribution in [1.29, 1.82) is 0 Å². The maximum Gasteiger partial charge on any atom is 0.390 e. The molecular formula is C14H18ClF3N2. The van der Waals surface area contributed by atoms with Crippen molar-refractivity contribution in [3.05, 3.63) is 28.8 Å². The molecule has 2 nitrogen and oxygen atoms in total. The van der Waals surface area contributed by atoms with Crippen molar-refractivity contribution in [1.82, 2.24) is 5.32 Å². The first kappa shape index (κ1) is 15.4. The second-order valence-corrected chi connectivity index (χ2v) is 5.65. The van der Waals surface area contributed by atoms with E-state index in [9.17, 15) is 13.2 Å². The van der Waals surface area contributed by atoms with Gasteiger partial charge in [0.2, 0.25) is 0 Å². The summed E-state index contributed by atoms with van der Waals surface area (Å²) in [5.74, 6) is 0. The Hall–Kier alpha value is -0.940. The topological polar surface area (TPSA) is 15.3 Å². The van der Waals surface area contributed by atoms with Gasteiger partial charge in [-0.2, -0.15) is 13.2 Å². The number of anilines is 1. The highest BCUT2D eigenvalue weighted by molar-refractivity contribution is 6.30. The zero-order valence-corrected chi connectivity index (χ0v) is 12.1. The Morgan fingerprint density at radius 1 is 1.35 bits per heavy atom. The molecule has 0 aromatic heterocycles. The van der Waals surface area contributed by atoms with Crippen molar-refractivity contribution < 1.29 is 13.2 Å². The van der Waals surface area contributed by atoms with Crippen LogP contribution in [0.5, 0.6) is 0 Å². The number of nitrogens with one attached hydrogen (secondary N) is 1. The lowest BCUT2D eigenvalue weighted by molar-refractivity contribution is -0.132. The standard InChI is InChI=1S/C14H18ClF3N2/c1-20(7-6-14(16,17)18)13-5-2-11(15)8-10(13)9-19-12-3-4-12/h2,5,8,12,19H,3-4,6-7,9H2,1H3. The van der Waals surface area contributed by atoms with Gasteiger partial charge in [-0.3, -0.25) is 0 Å². The Kier molecular flexibility index (Phi) is 4.81. The molecule has 0 aliphatic heterocycles. The van der Waals surface area contributed by atoms with Crippen LogP contribution in [0, 0.1) is 0 Å². The van der Waals surface area contributed by atoms with Crippen molar-refractivity contribution in [2.45, 2.75) is 38.0 Å². The summed E-state index contributed by atoms with van der Waals surface area (Å²) in [6.45, 7) is 0.582. The van der Waals surface area contributed by atoms with Gasteiger partial charge in [0.15, 0.2) is 0 Å². The van der Waals surface area contributed by atoms with E-state index in [1.165, 1.54) is 12.8 Å². The maximum absolute atomic E-state index is 12.3. The van der Waals surface area contributed by atoms with Crippen molar-refractivity contribution in [3.63, 3.8) is 0 Å². The zero-order chi connectivity index (χ0) is 14.8. The minimum atomic E-state index is -4.13. The van der Waals surface area contributed by atoms with Crippen LogP contribution in [0.25, 0.3) is 0 Å². The highest BCUT2D eigenvalue weighted by atomic mass is 35.5. The highest BCUT2D eigenvalue weighted by Gasteiger charge is 2.27. The molecule has 20 heavy (non-hydrogen) atoms. The molecule has 0 atom stereocenters. The molecule has 1 saturated carbocycles. The molecule has 0 heterocycles. The molecule has 0 saturated heterocycles. The Morgan fingerprint density at radius 3 is 2.65 bits per heavy atom. The monoisotopic (exact) mass is 306 g/mol. The Balaban J connectivity index is 2.03. The molecule has 1 fully saturated rings. The van der Waals surface area contributed by atoms with Crippen molar-refractivity contribution in [2.24, 2.45) is 0 Å². The number of benzene rings is 1. The number of halogens is 4. The van der Waals surface area contributed by atoms with Gasteiger partial charge < -0.3 is 10.2 Å². The summed E-state index contributed by atoms with van der Waals surface area (Å²) in [5.41, 5.74) is 1.74. The van der Waals surface area contributed by atoms with Crippen molar-refractivity contribution in [2.75, 3.05) is 18.5 Å². The van der Waals surface area contributed by atoms with E-state index in [0.717, 1.165) is 11.3 Å². The average molecular weight is 307 g/mol. The number of hydrogen-bond donors (Lipinski definition) is 1. The molecular weight excluding hydrogens is 289 g/mol. The van der Waals surface area contributed by atoms with E-state index in [4.69, 9.17) is 11.6 Å². The molecule has 1 aliphatic rings. The van der Waals surface area contributed by atoms with Gasteiger partial charge >= 0.3 is 6.18 Å². The van der Waals surface area contributed by atoms with Crippen LogP contribution in [0.3, 0.4) is 0 Å². The lowest BCUT2D eigenvalue weighted by atomic mass is 10.1. The van der Waals surface area contributed by atoms with Crippen LogP contribution in [-0.2, 0) is 6.54 Å². The summed E-state index contributed by atoms with van der Waals surface area (Å²) in [6, 6.07) is 5.85. The van der Waals surface area contributed by atoms with Crippen LogP contribution < -0.4 is 10.2 Å². The van der Waals surface area contributed by atoms with Crippen LogP contribution >= 0.6 is 11.6 Å². The van der Waals surface area contributed by atoms with Gasteiger partial charge in [0, 0.05) is 36.9 Å². The number of hydrogen-bond acceptors (Lipinski definition) is 2. The van der Waals surface area contributed by atoms with Gasteiger partial charge in [0.05, 0.1) is 6.42 Å². The lowest BCUT2D eigenvalue weighted by Crippen LogP contribution is -2.26. The van der Waals surface area contributed by atoms with Gasteiger partial charge in [-0.1, -0.05) is 11.6 Å². The van der Waals surface area contributed by atoms with E-state index in [-0.39, 0.29) is 6.54 Å². The third-order valence-electron chi connectivity index (χ3n) is 3.34. The minimum Gasteiger partial charge on any atom is -0.374 e. The molecule has 0 unspecified atom stereocenters. The Morgan fingerprint density at radius 2 is 2.05 bits per heavy atom. The van der Waals surface area contributed by atoms with Gasteiger partial charge in [-0.25, -0.2) is 0 Å². The van der Waals surface area contributed by atoms with Gasteiger partial charge in [0.1, 0.15) is 0 Å². The summed E-state index contributed by atoms with van der Waals surface area (Å²) in [7, 11) is 1.68. The molecule has 1 aromatic rings. The second-order valence-electron chi connectivity index (χ2n) is 5.21. The van der Waals surface area contributed by atoms with E-state index >= 15 is 0 Å². The molecule has 0 amide bonds. The molecule has 1 aliphatic carbocycles. The summed E-state index contributed by atoms with van der Waals surface area (Å²) in [5, 5.41) is 3.96. The average Bonchev–Trinajstić information content (AvgIpc) is 3.16. The summed E-state index contributed by atoms with van der Waals surface area (Å²) in [4.78, 5) is 1.63. The first-order valence-corrected chi connectivity index (χ1v) is 7.02. The SMILES string of the molecule is CN(CCC(F)(F)F)c1ccc(Cl)cc1CNC1CC1. The third kappa shape index (κ3) is 4.87. The molecule has 6 heteroatoms. The Bertz CT molecular complexity index is 458. The Labute approximate surface area is 121 Å². The number of nitrogens with zero attached hydrogens (tertiary/aromatic N) is 1. The third-order valence-corrected chi connectivity index (χ3v) is 3.58. The van der Waals surface area contributed by atoms with Crippen LogP contribution in [0.2, 0.25) is 5.02 Å². The smallest absolute Gasteiger partial charge is 0.374 e. The lowest BCUT2D eigenvalue weighted by Gasteiger charge is -2.23. The van der Waals surface area contributed by atoms with Gasteiger partial charge in [-0.05, 0) is 36.6 Å². The van der Waals surface area contributed by atoms with E-state index in [1.807, 2.05) is 6.07 Å². The van der Waals surface area contributed by atoms with E-state index < -0.39 is 12.6 Å². The zero-order valence-electron chi connectivity index (χ0n) is 11.3.